The van der Waals surface area contributed by atoms with Crippen molar-refractivity contribution in [3.8, 4) is 0 Å². The van der Waals surface area contributed by atoms with Gasteiger partial charge in [-0.1, -0.05) is 20.8 Å². The number of nitrogens with two attached hydrogens (primary N) is 1. The predicted octanol–water partition coefficient (Wildman–Crippen LogP) is 4.87. The Labute approximate surface area is 173 Å². The third-order valence-corrected chi connectivity index (χ3v) is 6.84. The number of nitrogens with zero attached hydrogens (tertiary/aromatic N) is 4. The smallest absolute Gasteiger partial charge is 0.252 e. The molecule has 2 N–H and O–H groups in total. The van der Waals surface area contributed by atoms with Gasteiger partial charge in [-0.05, 0) is 54.2 Å². The summed E-state index contributed by atoms with van der Waals surface area (Å²) < 4.78 is 29.0. The van der Waals surface area contributed by atoms with Gasteiger partial charge >= 0.3 is 0 Å². The molecule has 30 heavy (non-hydrogen) atoms. The number of amides is 1. The highest BCUT2D eigenvalue weighted by molar-refractivity contribution is 6.01. The van der Waals surface area contributed by atoms with E-state index in [9.17, 15) is 13.6 Å². The van der Waals surface area contributed by atoms with E-state index in [-0.39, 0.29) is 23.3 Å². The predicted molar refractivity (Wildman–Crippen MR) is 113 cm³/mol. The summed E-state index contributed by atoms with van der Waals surface area (Å²) in [6, 6.07) is 1.71. The third-order valence-electron chi connectivity index (χ3n) is 6.84. The van der Waals surface area contributed by atoms with Crippen molar-refractivity contribution in [2.75, 3.05) is 0 Å². The first kappa shape index (κ1) is 20.4. The zero-order valence-corrected chi connectivity index (χ0v) is 17.3. The molecular formula is C22H25F2N5O. The number of halogens is 2. The lowest BCUT2D eigenvalue weighted by Crippen LogP contribution is -2.24. The first-order chi connectivity index (χ1) is 14.2. The molecule has 0 aromatic carbocycles. The highest BCUT2D eigenvalue weighted by Gasteiger charge is 2.39. The molecule has 3 heterocycles. The van der Waals surface area contributed by atoms with Gasteiger partial charge in [0.2, 0.25) is 5.95 Å². The molecule has 1 fully saturated rings. The van der Waals surface area contributed by atoms with Crippen LogP contribution in [-0.2, 0) is 0 Å². The van der Waals surface area contributed by atoms with Crippen molar-refractivity contribution in [2.45, 2.75) is 46.0 Å². The van der Waals surface area contributed by atoms with E-state index in [0.29, 0.717) is 22.7 Å². The van der Waals surface area contributed by atoms with E-state index < -0.39 is 23.7 Å². The minimum Gasteiger partial charge on any atom is -0.365 e. The number of hydrogen-bond donors (Lipinski definition) is 1. The Morgan fingerprint density at radius 3 is 2.77 bits per heavy atom. The van der Waals surface area contributed by atoms with Crippen molar-refractivity contribution in [3.05, 3.63) is 41.6 Å². The molecule has 6 nitrogen and oxygen atoms in total. The van der Waals surface area contributed by atoms with Crippen LogP contribution in [0.5, 0.6) is 0 Å². The molecule has 3 unspecified atom stereocenters. The number of rotatable bonds is 4. The second-order valence-electron chi connectivity index (χ2n) is 8.81. The maximum absolute atomic E-state index is 14.2. The summed E-state index contributed by atoms with van der Waals surface area (Å²) in [7, 11) is 0. The van der Waals surface area contributed by atoms with Crippen LogP contribution < -0.4 is 5.73 Å². The molecule has 1 saturated carbocycles. The van der Waals surface area contributed by atoms with Crippen LogP contribution >= 0.6 is 0 Å². The summed E-state index contributed by atoms with van der Waals surface area (Å²) in [5.41, 5.74) is 7.41. The fourth-order valence-electron chi connectivity index (χ4n) is 4.35. The normalized spacial score (nSPS) is 26.2. The molecular weight excluding hydrogens is 388 g/mol. The molecule has 2 aliphatic rings. The molecule has 4 rings (SSSR count). The monoisotopic (exact) mass is 413 g/mol. The molecule has 1 amide bonds. The minimum absolute atomic E-state index is 0.102. The van der Waals surface area contributed by atoms with Crippen molar-refractivity contribution in [3.63, 3.8) is 0 Å². The first-order valence-electron chi connectivity index (χ1n) is 10.1. The van der Waals surface area contributed by atoms with Gasteiger partial charge in [-0.2, -0.15) is 18.9 Å². The molecule has 8 heteroatoms. The molecule has 158 valence electrons. The van der Waals surface area contributed by atoms with Gasteiger partial charge in [0.15, 0.2) is 5.97 Å². The standard InChI is InChI=1S/C22H25F2N5O/c1-12-4-5-14(22(12,2)3)9-26-19-16(21(25)30)10-27-29-11-13(8-17(19)29)15-6-7-18(23)28-20(15)24/h7-12,14-15H,4-6H2,1-3H3,(H2,25,30). The van der Waals surface area contributed by atoms with Crippen molar-refractivity contribution >= 4 is 29.3 Å². The highest BCUT2D eigenvalue weighted by Crippen LogP contribution is 2.46. The largest absolute Gasteiger partial charge is 0.365 e. The van der Waals surface area contributed by atoms with E-state index in [2.05, 4.69) is 35.9 Å². The highest BCUT2D eigenvalue weighted by atomic mass is 19.1. The number of carbonyl (C=O) groups is 1. The van der Waals surface area contributed by atoms with Gasteiger partial charge in [0.05, 0.1) is 23.2 Å². The fourth-order valence-corrected chi connectivity index (χ4v) is 4.35. The van der Waals surface area contributed by atoms with Crippen LogP contribution in [0.15, 0.2) is 40.5 Å². The van der Waals surface area contributed by atoms with Crippen LogP contribution in [0, 0.1) is 17.3 Å². The molecule has 2 aromatic heterocycles. The average Bonchev–Trinajstić information content (AvgIpc) is 3.21. The van der Waals surface area contributed by atoms with Crippen LogP contribution in [0.25, 0.3) is 5.52 Å². The van der Waals surface area contributed by atoms with Gasteiger partial charge in [0.1, 0.15) is 5.69 Å². The molecule has 1 aliphatic carbocycles. The van der Waals surface area contributed by atoms with Crippen molar-refractivity contribution < 1.29 is 13.6 Å². The first-order valence-corrected chi connectivity index (χ1v) is 10.1. The Hall–Kier alpha value is -2.90. The Kier molecular flexibility index (Phi) is 5.03. The van der Waals surface area contributed by atoms with Crippen molar-refractivity contribution in [1.82, 2.24) is 9.61 Å². The Balaban J connectivity index is 1.77. The Bertz CT molecular complexity index is 1100. The lowest BCUT2D eigenvalue weighted by atomic mass is 9.77. The summed E-state index contributed by atoms with van der Waals surface area (Å²) in [5, 5.41) is 4.23. The third kappa shape index (κ3) is 3.44. The zero-order chi connectivity index (χ0) is 21.6. The van der Waals surface area contributed by atoms with Gasteiger partial charge in [0.25, 0.3) is 5.91 Å². The summed E-state index contributed by atoms with van der Waals surface area (Å²) >= 11 is 0. The maximum Gasteiger partial charge on any atom is 0.252 e. The van der Waals surface area contributed by atoms with E-state index >= 15 is 0 Å². The zero-order valence-electron chi connectivity index (χ0n) is 17.3. The molecule has 2 aromatic rings. The fraction of sp³-hybridized carbons (Fsp3) is 0.455. The van der Waals surface area contributed by atoms with Crippen LogP contribution in [0.1, 0.15) is 61.9 Å². The van der Waals surface area contributed by atoms with Gasteiger partial charge in [-0.3, -0.25) is 9.79 Å². The van der Waals surface area contributed by atoms with Crippen LogP contribution in [0.2, 0.25) is 0 Å². The molecule has 0 radical (unpaired) electrons. The molecule has 0 spiro atoms. The SMILES string of the molecule is CC1CCC(C=Nc2c(C(N)=O)cnn3cc(C4CC=C(F)N=C4F)cc23)C1(C)C. The number of hydrogen-bond acceptors (Lipinski definition) is 4. The number of aliphatic imine (C=N–C) groups is 2. The maximum atomic E-state index is 14.2. The van der Waals surface area contributed by atoms with E-state index in [0.717, 1.165) is 12.8 Å². The summed E-state index contributed by atoms with van der Waals surface area (Å²) in [6.07, 6.45) is 8.49. The van der Waals surface area contributed by atoms with E-state index in [1.807, 2.05) is 6.21 Å². The Morgan fingerprint density at radius 1 is 1.37 bits per heavy atom. The molecule has 0 bridgehead atoms. The molecule has 1 aliphatic heterocycles. The van der Waals surface area contributed by atoms with Gasteiger partial charge < -0.3 is 5.73 Å². The minimum atomic E-state index is -0.819. The van der Waals surface area contributed by atoms with Crippen LogP contribution in [0.3, 0.4) is 0 Å². The summed E-state index contributed by atoms with van der Waals surface area (Å²) in [6.45, 7) is 6.70. The Morgan fingerprint density at radius 2 is 2.13 bits per heavy atom. The van der Waals surface area contributed by atoms with Gasteiger partial charge in [-0.15, -0.1) is 0 Å². The topological polar surface area (TPSA) is 85.1 Å². The second-order valence-corrected chi connectivity index (χ2v) is 8.81. The number of fused-ring (bicyclic) bond motifs is 1. The summed E-state index contributed by atoms with van der Waals surface area (Å²) in [5.74, 6) is -2.09. The average molecular weight is 413 g/mol. The molecule has 0 saturated heterocycles. The summed E-state index contributed by atoms with van der Waals surface area (Å²) in [4.78, 5) is 20.0. The van der Waals surface area contributed by atoms with Crippen LogP contribution in [-0.4, -0.2) is 27.7 Å². The van der Waals surface area contributed by atoms with Crippen molar-refractivity contribution in [1.29, 1.82) is 0 Å². The van der Waals surface area contributed by atoms with Crippen molar-refractivity contribution in [2.24, 2.45) is 33.0 Å². The van der Waals surface area contributed by atoms with E-state index in [1.54, 1.807) is 16.8 Å². The lowest BCUT2D eigenvalue weighted by molar-refractivity contribution is 0.100. The number of carbonyl (C=O) groups excluding carboxylic acids is 1. The van der Waals surface area contributed by atoms with E-state index in [1.165, 1.54) is 12.3 Å². The van der Waals surface area contributed by atoms with E-state index in [4.69, 9.17) is 5.73 Å². The van der Waals surface area contributed by atoms with Crippen LogP contribution in [0.4, 0.5) is 14.5 Å². The number of allylic oxidation sites excluding steroid dienone is 1. The lowest BCUT2D eigenvalue weighted by Gasteiger charge is -2.28. The number of primary amides is 1. The molecule has 3 atom stereocenters. The quantitative estimate of drug-likeness (QED) is 0.572. The number of aromatic nitrogens is 2. The van der Waals surface area contributed by atoms with Gasteiger partial charge in [0, 0.05) is 12.4 Å². The van der Waals surface area contributed by atoms with Gasteiger partial charge in [-0.25, -0.2) is 4.52 Å². The second kappa shape index (κ2) is 7.41.